The molecule has 0 aliphatic rings. The molecule has 0 saturated heterocycles. The van der Waals surface area contributed by atoms with Crippen LogP contribution in [0, 0.1) is 0 Å². The van der Waals surface area contributed by atoms with Crippen LogP contribution in [0.5, 0.6) is 0 Å². The number of fused-ring (bicyclic) bond motifs is 4. The smallest absolute Gasteiger partial charge is 0.00259 e. The molecule has 0 N–H and O–H groups in total. The molecule has 0 atom stereocenters. The van der Waals surface area contributed by atoms with Crippen molar-refractivity contribution in [3.05, 3.63) is 182 Å². The highest BCUT2D eigenvalue weighted by molar-refractivity contribution is 6.23. The van der Waals surface area contributed by atoms with Gasteiger partial charge in [-0.15, -0.1) is 0 Å². The summed E-state index contributed by atoms with van der Waals surface area (Å²) >= 11 is 0. The monoisotopic (exact) mass is 582 g/mol. The van der Waals surface area contributed by atoms with Gasteiger partial charge in [-0.3, -0.25) is 0 Å². The van der Waals surface area contributed by atoms with E-state index >= 15 is 0 Å². The molecule has 46 heavy (non-hydrogen) atoms. The van der Waals surface area contributed by atoms with E-state index in [4.69, 9.17) is 0 Å². The summed E-state index contributed by atoms with van der Waals surface area (Å²) in [7, 11) is 0. The van der Waals surface area contributed by atoms with E-state index in [1.807, 2.05) is 0 Å². The van der Waals surface area contributed by atoms with Crippen molar-refractivity contribution in [1.29, 1.82) is 0 Å². The van der Waals surface area contributed by atoms with E-state index in [0.717, 1.165) is 0 Å². The van der Waals surface area contributed by atoms with Crippen LogP contribution < -0.4 is 0 Å². The van der Waals surface area contributed by atoms with Gasteiger partial charge in [-0.05, 0) is 106 Å². The summed E-state index contributed by atoms with van der Waals surface area (Å²) in [4.78, 5) is 0. The third-order valence-corrected chi connectivity index (χ3v) is 9.42. The lowest BCUT2D eigenvalue weighted by Gasteiger charge is -2.20. The average molecular weight is 583 g/mol. The second-order valence-electron chi connectivity index (χ2n) is 12.1. The van der Waals surface area contributed by atoms with Gasteiger partial charge in [0, 0.05) is 0 Å². The first kappa shape index (κ1) is 26.4. The van der Waals surface area contributed by atoms with E-state index in [1.54, 1.807) is 0 Å². The Kier molecular flexibility index (Phi) is 6.25. The number of rotatable bonds is 4. The van der Waals surface area contributed by atoms with Gasteiger partial charge in [-0.1, -0.05) is 164 Å². The van der Waals surface area contributed by atoms with E-state index < -0.39 is 0 Å². The Balaban J connectivity index is 1.43. The number of hydrogen-bond acceptors (Lipinski definition) is 0. The molecule has 0 amide bonds. The molecule has 9 aromatic rings. The van der Waals surface area contributed by atoms with Crippen molar-refractivity contribution in [2.24, 2.45) is 0 Å². The van der Waals surface area contributed by atoms with Crippen LogP contribution in [0.1, 0.15) is 0 Å². The molecular weight excluding hydrogens is 553 g/mol. The molecule has 0 aromatic heterocycles. The van der Waals surface area contributed by atoms with Crippen molar-refractivity contribution >= 4 is 43.1 Å². The van der Waals surface area contributed by atoms with Crippen LogP contribution in [-0.4, -0.2) is 0 Å². The van der Waals surface area contributed by atoms with Gasteiger partial charge in [0.25, 0.3) is 0 Å². The molecule has 9 rings (SSSR count). The molecule has 9 aromatic carbocycles. The first-order chi connectivity index (χ1) is 22.8. The van der Waals surface area contributed by atoms with Crippen LogP contribution in [0.3, 0.4) is 0 Å². The van der Waals surface area contributed by atoms with E-state index in [0.29, 0.717) is 0 Å². The highest BCUT2D eigenvalue weighted by Gasteiger charge is 2.19. The zero-order chi connectivity index (χ0) is 30.5. The highest BCUT2D eigenvalue weighted by atomic mass is 14.2. The molecule has 0 saturated carbocycles. The summed E-state index contributed by atoms with van der Waals surface area (Å²) in [5.74, 6) is 0. The van der Waals surface area contributed by atoms with Crippen molar-refractivity contribution in [3.63, 3.8) is 0 Å². The van der Waals surface area contributed by atoms with Crippen LogP contribution in [0.4, 0.5) is 0 Å². The minimum absolute atomic E-state index is 1.22. The van der Waals surface area contributed by atoms with Gasteiger partial charge in [0.05, 0.1) is 0 Å². The lowest BCUT2D eigenvalue weighted by atomic mass is 9.83. The minimum Gasteiger partial charge on any atom is -0.0622 e. The van der Waals surface area contributed by atoms with Crippen LogP contribution in [0.2, 0.25) is 0 Å². The summed E-state index contributed by atoms with van der Waals surface area (Å²) in [6.07, 6.45) is 0. The van der Waals surface area contributed by atoms with Crippen LogP contribution in [0.15, 0.2) is 182 Å². The fraction of sp³-hybridized carbons (Fsp3) is 0. The summed E-state index contributed by atoms with van der Waals surface area (Å²) in [5.41, 5.74) is 9.94. The van der Waals surface area contributed by atoms with E-state index in [2.05, 4.69) is 182 Å². The standard InChI is InChI=1S/C46H30/c1-3-12-31(13-4-1)36-24-26-41-43(29-36)46(38-23-22-32-14-7-8-18-35(32)28-38)42-27-25-37(30-44(42)45(41)34-16-5-2-6-17-34)40-21-11-19-33-15-9-10-20-39(33)40/h1-30H. The fourth-order valence-corrected chi connectivity index (χ4v) is 7.25. The summed E-state index contributed by atoms with van der Waals surface area (Å²) < 4.78 is 0. The molecule has 0 heteroatoms. The molecule has 0 radical (unpaired) electrons. The maximum Gasteiger partial charge on any atom is -0.00259 e. The van der Waals surface area contributed by atoms with Crippen molar-refractivity contribution in [3.8, 4) is 44.5 Å². The summed E-state index contributed by atoms with van der Waals surface area (Å²) in [6.45, 7) is 0. The minimum atomic E-state index is 1.22. The predicted molar refractivity (Wildman–Crippen MR) is 198 cm³/mol. The van der Waals surface area contributed by atoms with Gasteiger partial charge >= 0.3 is 0 Å². The third kappa shape index (κ3) is 4.38. The highest BCUT2D eigenvalue weighted by Crippen LogP contribution is 2.46. The SMILES string of the molecule is c1ccc(-c2ccc3c(-c4ccccc4)c4cc(-c5cccc6ccccc56)ccc4c(-c4ccc5ccccc5c4)c3c2)cc1. The maximum atomic E-state index is 2.43. The van der Waals surface area contributed by atoms with Gasteiger partial charge in [0.1, 0.15) is 0 Å². The Labute approximate surface area is 268 Å². The summed E-state index contributed by atoms with van der Waals surface area (Å²) in [5, 5.41) is 10.1. The molecule has 0 aliphatic heterocycles. The third-order valence-electron chi connectivity index (χ3n) is 9.42. The fourth-order valence-electron chi connectivity index (χ4n) is 7.25. The Morgan fingerprint density at radius 3 is 1.52 bits per heavy atom. The normalized spacial score (nSPS) is 11.5. The van der Waals surface area contributed by atoms with Crippen molar-refractivity contribution in [2.45, 2.75) is 0 Å². The topological polar surface area (TPSA) is 0 Å². The second-order valence-corrected chi connectivity index (χ2v) is 12.1. The molecule has 0 bridgehead atoms. The molecule has 0 unspecified atom stereocenters. The second kappa shape index (κ2) is 10.9. The van der Waals surface area contributed by atoms with Gasteiger partial charge in [0.15, 0.2) is 0 Å². The van der Waals surface area contributed by atoms with Gasteiger partial charge in [-0.2, -0.15) is 0 Å². The van der Waals surface area contributed by atoms with Gasteiger partial charge in [-0.25, -0.2) is 0 Å². The average Bonchev–Trinajstić information content (AvgIpc) is 3.13. The Bertz CT molecular complexity index is 2550. The predicted octanol–water partition coefficient (Wildman–Crippen LogP) is 13.0. The Morgan fingerprint density at radius 2 is 0.761 bits per heavy atom. The van der Waals surface area contributed by atoms with Crippen molar-refractivity contribution < 1.29 is 0 Å². The first-order valence-electron chi connectivity index (χ1n) is 15.9. The quantitative estimate of drug-likeness (QED) is 0.181. The molecule has 0 nitrogen and oxygen atoms in total. The summed E-state index contributed by atoms with van der Waals surface area (Å²) in [6, 6.07) is 66.6. The molecular formula is C46H30. The van der Waals surface area contributed by atoms with E-state index in [9.17, 15) is 0 Å². The zero-order valence-corrected chi connectivity index (χ0v) is 25.3. The Morgan fingerprint density at radius 1 is 0.217 bits per heavy atom. The van der Waals surface area contributed by atoms with Gasteiger partial charge < -0.3 is 0 Å². The molecule has 214 valence electrons. The molecule has 0 spiro atoms. The number of hydrogen-bond donors (Lipinski definition) is 0. The van der Waals surface area contributed by atoms with Crippen molar-refractivity contribution in [1.82, 2.24) is 0 Å². The Hall–Kier alpha value is -5.98. The first-order valence-corrected chi connectivity index (χ1v) is 15.9. The van der Waals surface area contributed by atoms with Crippen LogP contribution in [0.25, 0.3) is 87.6 Å². The zero-order valence-electron chi connectivity index (χ0n) is 25.3. The largest absolute Gasteiger partial charge is 0.0622 e. The molecule has 0 heterocycles. The molecule has 0 aliphatic carbocycles. The van der Waals surface area contributed by atoms with Crippen LogP contribution in [-0.2, 0) is 0 Å². The lowest BCUT2D eigenvalue weighted by molar-refractivity contribution is 1.63. The van der Waals surface area contributed by atoms with Crippen LogP contribution >= 0.6 is 0 Å². The van der Waals surface area contributed by atoms with Gasteiger partial charge in [0.2, 0.25) is 0 Å². The molecule has 0 fully saturated rings. The number of benzene rings is 9. The van der Waals surface area contributed by atoms with Crippen molar-refractivity contribution in [2.75, 3.05) is 0 Å². The lowest BCUT2D eigenvalue weighted by Crippen LogP contribution is -1.93. The van der Waals surface area contributed by atoms with E-state index in [1.165, 1.54) is 87.6 Å². The maximum absolute atomic E-state index is 2.43. The van der Waals surface area contributed by atoms with E-state index in [-0.39, 0.29) is 0 Å².